The second-order valence-electron chi connectivity index (χ2n) is 7.57. The number of likely N-dealkylation sites (tertiary alicyclic amines) is 1. The highest BCUT2D eigenvalue weighted by atomic mass is 16.5. The Morgan fingerprint density at radius 2 is 1.74 bits per heavy atom. The molecule has 0 aromatic heterocycles. The van der Waals surface area contributed by atoms with Crippen molar-refractivity contribution < 1.29 is 9.53 Å². The predicted molar refractivity (Wildman–Crippen MR) is 108 cm³/mol. The number of amides is 2. The van der Waals surface area contributed by atoms with Crippen LogP contribution in [0.3, 0.4) is 0 Å². The number of rotatable bonds is 9. The van der Waals surface area contributed by atoms with Gasteiger partial charge in [0.1, 0.15) is 0 Å². The maximum atomic E-state index is 12.0. The van der Waals surface area contributed by atoms with Crippen molar-refractivity contribution in [1.29, 1.82) is 0 Å². The van der Waals surface area contributed by atoms with E-state index < -0.39 is 0 Å². The third-order valence-electron chi connectivity index (χ3n) is 5.34. The van der Waals surface area contributed by atoms with Crippen molar-refractivity contribution >= 4 is 6.03 Å². The molecule has 27 heavy (non-hydrogen) atoms. The van der Waals surface area contributed by atoms with E-state index in [2.05, 4.69) is 44.7 Å². The SMILES string of the molecule is O=C(NCCCCN1CCCC1)NCc1cccc(CN2CCOCC2)c1. The Balaban J connectivity index is 1.29. The fourth-order valence-electron chi connectivity index (χ4n) is 3.77. The van der Waals surface area contributed by atoms with Gasteiger partial charge >= 0.3 is 6.03 Å². The number of nitrogens with one attached hydrogen (secondary N) is 2. The van der Waals surface area contributed by atoms with Gasteiger partial charge in [-0.2, -0.15) is 0 Å². The number of nitrogens with zero attached hydrogens (tertiary/aromatic N) is 2. The van der Waals surface area contributed by atoms with Gasteiger partial charge in [-0.3, -0.25) is 4.90 Å². The molecule has 0 spiro atoms. The molecule has 0 aliphatic carbocycles. The van der Waals surface area contributed by atoms with Crippen molar-refractivity contribution in [3.63, 3.8) is 0 Å². The van der Waals surface area contributed by atoms with Crippen molar-refractivity contribution in [3.8, 4) is 0 Å². The molecule has 1 aromatic carbocycles. The van der Waals surface area contributed by atoms with E-state index in [1.54, 1.807) is 0 Å². The van der Waals surface area contributed by atoms with Crippen LogP contribution in [0.4, 0.5) is 4.79 Å². The summed E-state index contributed by atoms with van der Waals surface area (Å²) in [5.74, 6) is 0. The molecule has 2 N–H and O–H groups in total. The van der Waals surface area contributed by atoms with Gasteiger partial charge in [-0.1, -0.05) is 24.3 Å². The zero-order valence-corrected chi connectivity index (χ0v) is 16.4. The Bertz CT molecular complexity index is 569. The molecule has 150 valence electrons. The van der Waals surface area contributed by atoms with Gasteiger partial charge in [0.2, 0.25) is 0 Å². The van der Waals surface area contributed by atoms with E-state index in [1.165, 1.54) is 38.0 Å². The molecule has 2 aliphatic heterocycles. The van der Waals surface area contributed by atoms with Crippen LogP contribution in [0.15, 0.2) is 24.3 Å². The van der Waals surface area contributed by atoms with Gasteiger partial charge in [0.15, 0.2) is 0 Å². The summed E-state index contributed by atoms with van der Waals surface area (Å²) in [4.78, 5) is 16.9. The van der Waals surface area contributed by atoms with Crippen LogP contribution in [0.1, 0.15) is 36.8 Å². The summed E-state index contributed by atoms with van der Waals surface area (Å²) in [5, 5.41) is 5.94. The normalized spacial score (nSPS) is 18.5. The lowest BCUT2D eigenvalue weighted by Crippen LogP contribution is -2.36. The molecule has 6 nitrogen and oxygen atoms in total. The Morgan fingerprint density at radius 3 is 2.56 bits per heavy atom. The van der Waals surface area contributed by atoms with Crippen molar-refractivity contribution in [2.24, 2.45) is 0 Å². The molecule has 2 fully saturated rings. The number of hydrogen-bond donors (Lipinski definition) is 2. The summed E-state index contributed by atoms with van der Waals surface area (Å²) in [6.07, 6.45) is 4.88. The van der Waals surface area contributed by atoms with Crippen LogP contribution in [-0.2, 0) is 17.8 Å². The molecule has 2 amide bonds. The smallest absolute Gasteiger partial charge is 0.315 e. The highest BCUT2D eigenvalue weighted by Crippen LogP contribution is 2.10. The number of morpholine rings is 1. The Hall–Kier alpha value is -1.63. The third-order valence-corrected chi connectivity index (χ3v) is 5.34. The van der Waals surface area contributed by atoms with Gasteiger partial charge in [0.05, 0.1) is 13.2 Å². The number of urea groups is 1. The summed E-state index contributed by atoms with van der Waals surface area (Å²) in [6.45, 7) is 9.54. The van der Waals surface area contributed by atoms with E-state index in [9.17, 15) is 4.79 Å². The van der Waals surface area contributed by atoms with Crippen molar-refractivity contribution in [2.45, 2.75) is 38.8 Å². The Kier molecular flexibility index (Phi) is 8.39. The van der Waals surface area contributed by atoms with Gasteiger partial charge in [0, 0.05) is 32.7 Å². The Morgan fingerprint density at radius 1 is 0.963 bits per heavy atom. The largest absolute Gasteiger partial charge is 0.379 e. The van der Waals surface area contributed by atoms with Gasteiger partial charge in [-0.05, 0) is 56.4 Å². The summed E-state index contributed by atoms with van der Waals surface area (Å²) in [5.41, 5.74) is 2.43. The number of unbranched alkanes of at least 4 members (excludes halogenated alkanes) is 1. The Labute approximate surface area is 163 Å². The minimum Gasteiger partial charge on any atom is -0.379 e. The fourth-order valence-corrected chi connectivity index (χ4v) is 3.77. The van der Waals surface area contributed by atoms with Crippen LogP contribution in [0.2, 0.25) is 0 Å². The first kappa shape index (κ1) is 20.1. The third kappa shape index (κ3) is 7.48. The summed E-state index contributed by atoms with van der Waals surface area (Å²) in [7, 11) is 0. The lowest BCUT2D eigenvalue weighted by atomic mass is 10.1. The van der Waals surface area contributed by atoms with Crippen LogP contribution in [-0.4, -0.2) is 68.3 Å². The second kappa shape index (κ2) is 11.3. The molecule has 2 saturated heterocycles. The summed E-state index contributed by atoms with van der Waals surface area (Å²) in [6, 6.07) is 8.41. The summed E-state index contributed by atoms with van der Waals surface area (Å²) < 4.78 is 5.40. The highest BCUT2D eigenvalue weighted by Gasteiger charge is 2.11. The lowest BCUT2D eigenvalue weighted by Gasteiger charge is -2.26. The second-order valence-corrected chi connectivity index (χ2v) is 7.57. The number of hydrogen-bond acceptors (Lipinski definition) is 4. The molecule has 3 rings (SSSR count). The van der Waals surface area contributed by atoms with E-state index in [4.69, 9.17) is 4.74 Å². The molecule has 0 unspecified atom stereocenters. The fraction of sp³-hybridized carbons (Fsp3) is 0.667. The van der Waals surface area contributed by atoms with Crippen molar-refractivity contribution in [2.75, 3.05) is 52.5 Å². The van der Waals surface area contributed by atoms with Crippen LogP contribution in [0, 0.1) is 0 Å². The monoisotopic (exact) mass is 374 g/mol. The molecular weight excluding hydrogens is 340 g/mol. The molecule has 6 heteroatoms. The predicted octanol–water partition coefficient (Wildman–Crippen LogP) is 2.19. The maximum absolute atomic E-state index is 12.0. The number of carbonyl (C=O) groups is 1. The number of benzene rings is 1. The topological polar surface area (TPSA) is 56.8 Å². The van der Waals surface area contributed by atoms with Gasteiger partial charge in [-0.15, -0.1) is 0 Å². The number of ether oxygens (including phenoxy) is 1. The quantitative estimate of drug-likeness (QED) is 0.651. The minimum atomic E-state index is -0.0743. The molecule has 1 aromatic rings. The zero-order valence-electron chi connectivity index (χ0n) is 16.4. The molecule has 2 heterocycles. The van der Waals surface area contributed by atoms with Gasteiger partial charge in [-0.25, -0.2) is 4.79 Å². The van der Waals surface area contributed by atoms with Crippen LogP contribution in [0.5, 0.6) is 0 Å². The van der Waals surface area contributed by atoms with Crippen molar-refractivity contribution in [3.05, 3.63) is 35.4 Å². The van der Waals surface area contributed by atoms with E-state index >= 15 is 0 Å². The first-order chi connectivity index (χ1) is 13.3. The van der Waals surface area contributed by atoms with E-state index in [0.29, 0.717) is 6.54 Å². The van der Waals surface area contributed by atoms with Crippen LogP contribution >= 0.6 is 0 Å². The number of carbonyl (C=O) groups excluding carboxylic acids is 1. The zero-order chi connectivity index (χ0) is 18.7. The first-order valence-electron chi connectivity index (χ1n) is 10.4. The van der Waals surface area contributed by atoms with Crippen LogP contribution < -0.4 is 10.6 Å². The molecule has 0 bridgehead atoms. The average molecular weight is 375 g/mol. The molecule has 0 saturated carbocycles. The van der Waals surface area contributed by atoms with Gasteiger partial charge < -0.3 is 20.3 Å². The molecule has 0 radical (unpaired) electrons. The highest BCUT2D eigenvalue weighted by molar-refractivity contribution is 5.73. The maximum Gasteiger partial charge on any atom is 0.315 e. The molecular formula is C21H34N4O2. The lowest BCUT2D eigenvalue weighted by molar-refractivity contribution is 0.0342. The minimum absolute atomic E-state index is 0.0743. The first-order valence-corrected chi connectivity index (χ1v) is 10.4. The van der Waals surface area contributed by atoms with Crippen LogP contribution in [0.25, 0.3) is 0 Å². The van der Waals surface area contributed by atoms with Crippen molar-refractivity contribution in [1.82, 2.24) is 20.4 Å². The van der Waals surface area contributed by atoms with E-state index in [1.807, 2.05) is 0 Å². The average Bonchev–Trinajstić information content (AvgIpc) is 3.21. The van der Waals surface area contributed by atoms with E-state index in [0.717, 1.165) is 57.8 Å². The van der Waals surface area contributed by atoms with E-state index in [-0.39, 0.29) is 6.03 Å². The standard InChI is InChI=1S/C21H34N4O2/c26-21(22-8-1-2-9-24-10-3-4-11-24)23-17-19-6-5-7-20(16-19)18-25-12-14-27-15-13-25/h5-7,16H,1-4,8-15,17-18H2,(H2,22,23,26). The molecule has 0 atom stereocenters. The van der Waals surface area contributed by atoms with Gasteiger partial charge in [0.25, 0.3) is 0 Å². The molecule has 2 aliphatic rings. The summed E-state index contributed by atoms with van der Waals surface area (Å²) >= 11 is 0.